The Balaban J connectivity index is 2.03. The molecule has 0 bridgehead atoms. The van der Waals surface area contributed by atoms with Gasteiger partial charge in [0.05, 0.1) is 11.1 Å². The number of aryl methyl sites for hydroxylation is 1. The van der Waals surface area contributed by atoms with Gasteiger partial charge in [0.15, 0.2) is 17.3 Å². The summed E-state index contributed by atoms with van der Waals surface area (Å²) in [6, 6.07) is 7.27. The number of nitrogens with zero attached hydrogens (tertiary/aromatic N) is 2. The van der Waals surface area contributed by atoms with Gasteiger partial charge in [0.25, 0.3) is 5.91 Å². The van der Waals surface area contributed by atoms with Crippen LogP contribution in [0.25, 0.3) is 11.1 Å². The number of anilines is 1. The van der Waals surface area contributed by atoms with Crippen molar-refractivity contribution in [1.82, 2.24) is 9.78 Å². The first-order chi connectivity index (χ1) is 14.0. The number of carbonyl (C=O) groups excluding carboxylic acids is 1. The van der Waals surface area contributed by atoms with E-state index in [4.69, 9.17) is 5.11 Å². The van der Waals surface area contributed by atoms with E-state index in [0.717, 1.165) is 23.0 Å². The fourth-order valence-corrected chi connectivity index (χ4v) is 2.80. The maximum atomic E-state index is 14.5. The van der Waals surface area contributed by atoms with E-state index in [1.807, 2.05) is 0 Å². The highest BCUT2D eigenvalue weighted by atomic mass is 19.4. The monoisotopic (exact) mass is 425 g/mol. The minimum Gasteiger partial charge on any atom is -0.478 e. The highest BCUT2D eigenvalue weighted by Crippen LogP contribution is 2.34. The molecule has 1 amide bonds. The van der Waals surface area contributed by atoms with Crippen molar-refractivity contribution in [3.63, 3.8) is 0 Å². The largest absolute Gasteiger partial charge is 0.478 e. The van der Waals surface area contributed by atoms with E-state index in [0.29, 0.717) is 0 Å². The molecule has 0 atom stereocenters. The molecular weight excluding hydrogens is 413 g/mol. The minimum atomic E-state index is -4.88. The highest BCUT2D eigenvalue weighted by Gasteiger charge is 2.39. The topological polar surface area (TPSA) is 84.2 Å². The van der Waals surface area contributed by atoms with Crippen LogP contribution in [0, 0.1) is 11.6 Å². The molecule has 0 aliphatic carbocycles. The lowest BCUT2D eigenvalue weighted by Gasteiger charge is -2.13. The van der Waals surface area contributed by atoms with E-state index in [2.05, 4.69) is 10.4 Å². The third kappa shape index (κ3) is 3.86. The molecular formula is C19H12F5N3O3. The number of hydrogen-bond donors (Lipinski definition) is 2. The molecule has 1 heterocycles. The van der Waals surface area contributed by atoms with Crippen LogP contribution in [-0.4, -0.2) is 26.8 Å². The summed E-state index contributed by atoms with van der Waals surface area (Å²) in [6.07, 6.45) is -4.00. The summed E-state index contributed by atoms with van der Waals surface area (Å²) in [7, 11) is 1.21. The van der Waals surface area contributed by atoms with Gasteiger partial charge in [-0.05, 0) is 12.1 Å². The number of hydrogen-bond acceptors (Lipinski definition) is 3. The predicted molar refractivity (Wildman–Crippen MR) is 94.9 cm³/mol. The molecule has 3 aromatic rings. The summed E-state index contributed by atoms with van der Waals surface area (Å²) in [5, 5.41) is 14.4. The third-order valence-electron chi connectivity index (χ3n) is 4.12. The maximum absolute atomic E-state index is 14.5. The molecule has 0 fully saturated rings. The Hall–Kier alpha value is -3.76. The second kappa shape index (κ2) is 7.58. The van der Waals surface area contributed by atoms with Crippen LogP contribution in [0.2, 0.25) is 0 Å². The smallest absolute Gasteiger partial charge is 0.435 e. The predicted octanol–water partition coefficient (Wildman–Crippen LogP) is 4.33. The van der Waals surface area contributed by atoms with E-state index < -0.39 is 46.5 Å². The molecule has 6 nitrogen and oxygen atoms in total. The molecule has 1 aromatic heterocycles. The Morgan fingerprint density at radius 3 is 2.30 bits per heavy atom. The van der Waals surface area contributed by atoms with Crippen molar-refractivity contribution < 1.29 is 36.6 Å². The molecule has 0 radical (unpaired) electrons. The van der Waals surface area contributed by atoms with Gasteiger partial charge in [-0.2, -0.15) is 18.3 Å². The number of carboxylic acid groups (broad SMARTS) is 1. The number of carbonyl (C=O) groups is 2. The summed E-state index contributed by atoms with van der Waals surface area (Å²) in [5.41, 5.74) is -3.59. The van der Waals surface area contributed by atoms with Crippen molar-refractivity contribution in [2.75, 3.05) is 5.32 Å². The lowest BCUT2D eigenvalue weighted by atomic mass is 10.0. The average Bonchev–Trinajstić information content (AvgIpc) is 3.07. The highest BCUT2D eigenvalue weighted by molar-refractivity contribution is 6.07. The first kappa shape index (κ1) is 21.0. The zero-order valence-corrected chi connectivity index (χ0v) is 15.1. The van der Waals surface area contributed by atoms with E-state index in [1.54, 1.807) is 0 Å². The zero-order chi connectivity index (χ0) is 22.2. The maximum Gasteiger partial charge on any atom is 0.435 e. The molecule has 2 N–H and O–H groups in total. The van der Waals surface area contributed by atoms with Crippen LogP contribution in [-0.2, 0) is 13.2 Å². The fraction of sp³-hybridized carbons (Fsp3) is 0.105. The van der Waals surface area contributed by atoms with E-state index in [1.165, 1.54) is 31.3 Å². The summed E-state index contributed by atoms with van der Waals surface area (Å²) >= 11 is 0. The lowest BCUT2D eigenvalue weighted by Crippen LogP contribution is -2.18. The van der Waals surface area contributed by atoms with Gasteiger partial charge in [-0.25, -0.2) is 13.6 Å². The molecule has 0 saturated heterocycles. The van der Waals surface area contributed by atoms with Crippen molar-refractivity contribution in [3.8, 4) is 11.1 Å². The number of benzene rings is 2. The SMILES string of the molecule is Cn1cc(C(=O)Nc2ccccc2-c2ccc(C(=O)O)c(F)c2F)c(C(F)(F)F)n1. The van der Waals surface area contributed by atoms with Crippen LogP contribution in [0.4, 0.5) is 27.6 Å². The molecule has 3 rings (SSSR count). The molecule has 11 heteroatoms. The van der Waals surface area contributed by atoms with E-state index >= 15 is 0 Å². The minimum absolute atomic E-state index is 0.0587. The van der Waals surface area contributed by atoms with Crippen molar-refractivity contribution in [1.29, 1.82) is 0 Å². The number of para-hydroxylation sites is 1. The molecule has 0 spiro atoms. The van der Waals surface area contributed by atoms with Gasteiger partial charge < -0.3 is 10.4 Å². The number of alkyl halides is 3. The normalized spacial score (nSPS) is 11.4. The molecule has 2 aromatic carbocycles. The summed E-state index contributed by atoms with van der Waals surface area (Å²) < 4.78 is 68.7. The number of nitrogens with one attached hydrogen (secondary N) is 1. The van der Waals surface area contributed by atoms with Crippen LogP contribution in [0.5, 0.6) is 0 Å². The average molecular weight is 425 g/mol. The van der Waals surface area contributed by atoms with E-state index in [-0.39, 0.29) is 16.8 Å². The Labute approximate surface area is 165 Å². The van der Waals surface area contributed by atoms with Crippen LogP contribution < -0.4 is 5.32 Å². The fourth-order valence-electron chi connectivity index (χ4n) is 2.80. The van der Waals surface area contributed by atoms with Crippen LogP contribution in [0.3, 0.4) is 0 Å². The van der Waals surface area contributed by atoms with E-state index in [9.17, 15) is 31.5 Å². The molecule has 0 saturated carbocycles. The summed E-state index contributed by atoms with van der Waals surface area (Å²) in [6.45, 7) is 0. The van der Waals surface area contributed by atoms with Crippen molar-refractivity contribution >= 4 is 17.6 Å². The number of carboxylic acids is 1. The van der Waals surface area contributed by atoms with Gasteiger partial charge in [-0.15, -0.1) is 0 Å². The lowest BCUT2D eigenvalue weighted by molar-refractivity contribution is -0.141. The van der Waals surface area contributed by atoms with Crippen LogP contribution >= 0.6 is 0 Å². The summed E-state index contributed by atoms with van der Waals surface area (Å²) in [4.78, 5) is 23.4. The number of aromatic nitrogens is 2. The standard InChI is InChI=1S/C19H12F5N3O3/c1-27-8-12(16(26-27)19(22,23)24)17(28)25-13-5-3-2-4-9(13)10-6-7-11(18(29)30)15(21)14(10)20/h2-8H,1H3,(H,25,28)(H,29,30). The number of amides is 1. The van der Waals surface area contributed by atoms with Crippen molar-refractivity contribution in [3.05, 3.63) is 71.1 Å². The van der Waals surface area contributed by atoms with Crippen molar-refractivity contribution in [2.24, 2.45) is 7.05 Å². The van der Waals surface area contributed by atoms with Gasteiger partial charge in [-0.1, -0.05) is 24.3 Å². The first-order valence-electron chi connectivity index (χ1n) is 8.23. The summed E-state index contributed by atoms with van der Waals surface area (Å²) in [5.74, 6) is -5.91. The van der Waals surface area contributed by atoms with Crippen molar-refractivity contribution in [2.45, 2.75) is 6.18 Å². The Kier molecular flexibility index (Phi) is 5.29. The zero-order valence-electron chi connectivity index (χ0n) is 15.1. The second-order valence-corrected chi connectivity index (χ2v) is 6.16. The first-order valence-corrected chi connectivity index (χ1v) is 8.23. The van der Waals surface area contributed by atoms with Gasteiger partial charge in [-0.3, -0.25) is 9.48 Å². The van der Waals surface area contributed by atoms with Gasteiger partial charge in [0, 0.05) is 30.1 Å². The third-order valence-corrected chi connectivity index (χ3v) is 4.12. The van der Waals surface area contributed by atoms with Crippen LogP contribution in [0.1, 0.15) is 26.4 Å². The number of aromatic carboxylic acids is 1. The Morgan fingerprint density at radius 2 is 1.67 bits per heavy atom. The quantitative estimate of drug-likeness (QED) is 0.610. The van der Waals surface area contributed by atoms with Gasteiger partial charge in [0.1, 0.15) is 0 Å². The molecule has 0 aliphatic rings. The molecule has 30 heavy (non-hydrogen) atoms. The second-order valence-electron chi connectivity index (χ2n) is 6.16. The van der Waals surface area contributed by atoms with Gasteiger partial charge >= 0.3 is 12.1 Å². The number of rotatable bonds is 4. The number of halogens is 5. The molecule has 0 aliphatic heterocycles. The Morgan fingerprint density at radius 1 is 1.00 bits per heavy atom. The molecule has 0 unspecified atom stereocenters. The van der Waals surface area contributed by atoms with Crippen LogP contribution in [0.15, 0.2) is 42.6 Å². The van der Waals surface area contributed by atoms with Gasteiger partial charge in [0.2, 0.25) is 0 Å². The Bertz CT molecular complexity index is 1150. The molecule has 156 valence electrons.